The lowest BCUT2D eigenvalue weighted by Gasteiger charge is -2.18. The van der Waals surface area contributed by atoms with Gasteiger partial charge in [0.25, 0.3) is 5.91 Å². The first-order chi connectivity index (χ1) is 11.6. The van der Waals surface area contributed by atoms with Gasteiger partial charge in [-0.2, -0.15) is 5.10 Å². The van der Waals surface area contributed by atoms with Crippen LogP contribution in [0.1, 0.15) is 22.2 Å². The summed E-state index contributed by atoms with van der Waals surface area (Å²) in [6.45, 7) is 0.333. The van der Waals surface area contributed by atoms with Gasteiger partial charge in [-0.1, -0.05) is 29.8 Å². The highest BCUT2D eigenvalue weighted by molar-refractivity contribution is 6.35. The molecule has 1 N–H and O–H groups in total. The molecule has 0 aliphatic carbocycles. The molecule has 0 unspecified atom stereocenters. The standard InChI is InChI=1S/C17H17ClN4O2/c1-22-15(8-9-19-22)14(10-24-2)21-17(23)13-7-6-11-4-3-5-12(18)16(11)20-13/h3-9,14H,10H2,1-2H3,(H,21,23)/t14-/m1/s1. The molecule has 0 aliphatic heterocycles. The van der Waals surface area contributed by atoms with E-state index >= 15 is 0 Å². The van der Waals surface area contributed by atoms with E-state index < -0.39 is 0 Å². The summed E-state index contributed by atoms with van der Waals surface area (Å²) < 4.78 is 6.91. The van der Waals surface area contributed by atoms with Crippen LogP contribution < -0.4 is 5.32 Å². The summed E-state index contributed by atoms with van der Waals surface area (Å²) in [6, 6.07) is 10.5. The average Bonchev–Trinajstić information content (AvgIpc) is 3.00. The van der Waals surface area contributed by atoms with Gasteiger partial charge in [-0.15, -0.1) is 0 Å². The number of amides is 1. The summed E-state index contributed by atoms with van der Waals surface area (Å²) in [5.41, 5.74) is 1.76. The molecule has 0 fully saturated rings. The number of rotatable bonds is 5. The number of pyridine rings is 1. The second kappa shape index (κ2) is 6.98. The van der Waals surface area contributed by atoms with Crippen molar-refractivity contribution in [2.24, 2.45) is 7.05 Å². The maximum atomic E-state index is 12.6. The van der Waals surface area contributed by atoms with Crippen LogP contribution in [0, 0.1) is 0 Å². The predicted molar refractivity (Wildman–Crippen MR) is 92.0 cm³/mol. The molecule has 0 bridgehead atoms. The summed E-state index contributed by atoms with van der Waals surface area (Å²) in [6.07, 6.45) is 1.68. The number of nitrogens with zero attached hydrogens (tertiary/aromatic N) is 3. The van der Waals surface area contributed by atoms with Gasteiger partial charge in [0, 0.05) is 25.7 Å². The van der Waals surface area contributed by atoms with Crippen molar-refractivity contribution >= 4 is 28.4 Å². The van der Waals surface area contributed by atoms with Gasteiger partial charge in [-0.05, 0) is 18.2 Å². The third-order valence-electron chi connectivity index (χ3n) is 3.76. The number of carbonyl (C=O) groups is 1. The molecule has 0 saturated heterocycles. The van der Waals surface area contributed by atoms with E-state index in [1.165, 1.54) is 0 Å². The molecule has 0 radical (unpaired) electrons. The van der Waals surface area contributed by atoms with E-state index in [2.05, 4.69) is 15.4 Å². The smallest absolute Gasteiger partial charge is 0.270 e. The Balaban J connectivity index is 1.88. The van der Waals surface area contributed by atoms with Gasteiger partial charge in [0.2, 0.25) is 0 Å². The minimum absolute atomic E-state index is 0.292. The maximum Gasteiger partial charge on any atom is 0.270 e. The van der Waals surface area contributed by atoms with Crippen LogP contribution in [0.25, 0.3) is 10.9 Å². The Morgan fingerprint density at radius 3 is 2.88 bits per heavy atom. The molecule has 6 nitrogen and oxygen atoms in total. The topological polar surface area (TPSA) is 69.0 Å². The Morgan fingerprint density at radius 1 is 1.33 bits per heavy atom. The largest absolute Gasteiger partial charge is 0.382 e. The number of fused-ring (bicyclic) bond motifs is 1. The van der Waals surface area contributed by atoms with Crippen LogP contribution in [0.2, 0.25) is 5.02 Å². The molecule has 7 heteroatoms. The number of aromatic nitrogens is 3. The van der Waals surface area contributed by atoms with Gasteiger partial charge >= 0.3 is 0 Å². The van der Waals surface area contributed by atoms with Crippen molar-refractivity contribution in [1.82, 2.24) is 20.1 Å². The van der Waals surface area contributed by atoms with Gasteiger partial charge in [0.1, 0.15) is 5.69 Å². The molecule has 0 spiro atoms. The van der Waals surface area contributed by atoms with Crippen molar-refractivity contribution < 1.29 is 9.53 Å². The highest BCUT2D eigenvalue weighted by Crippen LogP contribution is 2.22. The molecule has 3 rings (SSSR count). The van der Waals surface area contributed by atoms with Gasteiger partial charge in [0.15, 0.2) is 0 Å². The minimum atomic E-state index is -0.321. The summed E-state index contributed by atoms with van der Waals surface area (Å²) in [5, 5.41) is 8.46. The van der Waals surface area contributed by atoms with Crippen molar-refractivity contribution in [1.29, 1.82) is 0 Å². The molecule has 3 aromatic rings. The molecule has 2 heterocycles. The van der Waals surface area contributed by atoms with E-state index in [0.717, 1.165) is 11.1 Å². The minimum Gasteiger partial charge on any atom is -0.382 e. The number of nitrogens with one attached hydrogen (secondary N) is 1. The van der Waals surface area contributed by atoms with Gasteiger partial charge in [0.05, 0.1) is 28.9 Å². The third-order valence-corrected chi connectivity index (χ3v) is 4.06. The monoisotopic (exact) mass is 344 g/mol. The van der Waals surface area contributed by atoms with Crippen molar-refractivity contribution in [2.45, 2.75) is 6.04 Å². The number of para-hydroxylation sites is 1. The molecule has 1 atom stereocenters. The summed E-state index contributed by atoms with van der Waals surface area (Å²) in [4.78, 5) is 17.0. The summed E-state index contributed by atoms with van der Waals surface area (Å²) in [5.74, 6) is -0.292. The van der Waals surface area contributed by atoms with Gasteiger partial charge in [-0.3, -0.25) is 9.48 Å². The number of carbonyl (C=O) groups excluding carboxylic acids is 1. The zero-order valence-corrected chi connectivity index (χ0v) is 14.1. The quantitative estimate of drug-likeness (QED) is 0.772. The number of hydrogen-bond acceptors (Lipinski definition) is 4. The predicted octanol–water partition coefficient (Wildman–Crippen LogP) is 2.74. The first-order valence-electron chi connectivity index (χ1n) is 7.43. The first-order valence-corrected chi connectivity index (χ1v) is 7.81. The van der Waals surface area contributed by atoms with Crippen LogP contribution in [-0.4, -0.2) is 34.4 Å². The molecule has 0 saturated carbocycles. The van der Waals surface area contributed by atoms with Crippen molar-refractivity contribution in [3.63, 3.8) is 0 Å². The highest BCUT2D eigenvalue weighted by atomic mass is 35.5. The van der Waals surface area contributed by atoms with Gasteiger partial charge in [-0.25, -0.2) is 4.98 Å². The number of ether oxygens (including phenoxy) is 1. The molecule has 2 aromatic heterocycles. The Labute approximate surface area is 144 Å². The molecular formula is C17H17ClN4O2. The van der Waals surface area contributed by atoms with Crippen LogP contribution >= 0.6 is 11.6 Å². The van der Waals surface area contributed by atoms with E-state index in [1.54, 1.807) is 30.1 Å². The Morgan fingerprint density at radius 2 is 2.17 bits per heavy atom. The van der Waals surface area contributed by atoms with E-state index in [1.807, 2.05) is 31.3 Å². The van der Waals surface area contributed by atoms with Crippen LogP contribution in [-0.2, 0) is 11.8 Å². The molecule has 24 heavy (non-hydrogen) atoms. The fourth-order valence-corrected chi connectivity index (χ4v) is 2.79. The average molecular weight is 345 g/mol. The lowest BCUT2D eigenvalue weighted by atomic mass is 10.1. The lowest BCUT2D eigenvalue weighted by molar-refractivity contribution is 0.0887. The first kappa shape index (κ1) is 16.4. The second-order valence-electron chi connectivity index (χ2n) is 5.37. The molecule has 124 valence electrons. The Hall–Kier alpha value is -2.44. The Bertz CT molecular complexity index is 878. The van der Waals surface area contributed by atoms with Crippen LogP contribution in [0.4, 0.5) is 0 Å². The van der Waals surface area contributed by atoms with Crippen molar-refractivity contribution in [2.75, 3.05) is 13.7 Å². The third kappa shape index (κ3) is 3.25. The summed E-state index contributed by atoms with van der Waals surface area (Å²) >= 11 is 6.17. The fraction of sp³-hybridized carbons (Fsp3) is 0.235. The summed E-state index contributed by atoms with van der Waals surface area (Å²) in [7, 11) is 3.40. The van der Waals surface area contributed by atoms with Crippen LogP contribution in [0.5, 0.6) is 0 Å². The normalized spacial score (nSPS) is 12.3. The number of halogens is 1. The van der Waals surface area contributed by atoms with Crippen LogP contribution in [0.3, 0.4) is 0 Å². The zero-order chi connectivity index (χ0) is 17.1. The van der Waals surface area contributed by atoms with E-state index in [4.69, 9.17) is 16.3 Å². The van der Waals surface area contributed by atoms with Crippen LogP contribution in [0.15, 0.2) is 42.6 Å². The van der Waals surface area contributed by atoms with Crippen molar-refractivity contribution in [3.8, 4) is 0 Å². The molecule has 0 aliphatic rings. The SMILES string of the molecule is COC[C@@H](NC(=O)c1ccc2cccc(Cl)c2n1)c1ccnn1C. The highest BCUT2D eigenvalue weighted by Gasteiger charge is 2.19. The lowest BCUT2D eigenvalue weighted by Crippen LogP contribution is -2.33. The number of benzene rings is 1. The molecule has 1 aromatic carbocycles. The number of hydrogen-bond donors (Lipinski definition) is 1. The van der Waals surface area contributed by atoms with Gasteiger partial charge < -0.3 is 10.1 Å². The fourth-order valence-electron chi connectivity index (χ4n) is 2.56. The van der Waals surface area contributed by atoms with Crippen molar-refractivity contribution in [3.05, 3.63) is 59.0 Å². The van der Waals surface area contributed by atoms with E-state index in [-0.39, 0.29) is 11.9 Å². The molecular weight excluding hydrogens is 328 g/mol. The van der Waals surface area contributed by atoms with E-state index in [9.17, 15) is 4.79 Å². The Kier molecular flexibility index (Phi) is 4.78. The number of methoxy groups -OCH3 is 1. The molecule has 1 amide bonds. The zero-order valence-electron chi connectivity index (χ0n) is 13.4. The van der Waals surface area contributed by atoms with E-state index in [0.29, 0.717) is 22.8 Å². The number of aryl methyl sites for hydroxylation is 1. The second-order valence-corrected chi connectivity index (χ2v) is 5.78. The maximum absolute atomic E-state index is 12.6.